The van der Waals surface area contributed by atoms with Crippen LogP contribution >= 0.6 is 0 Å². The molecule has 1 saturated heterocycles. The second-order valence-corrected chi connectivity index (χ2v) is 5.60. The number of nitrogens with one attached hydrogen (secondary N) is 1. The summed E-state index contributed by atoms with van der Waals surface area (Å²) in [6.07, 6.45) is 2.14. The predicted octanol–water partition coefficient (Wildman–Crippen LogP) is 1.48. The molecular formula is C18H16N4O2. The first kappa shape index (κ1) is 15.7. The van der Waals surface area contributed by atoms with Gasteiger partial charge >= 0.3 is 0 Å². The van der Waals surface area contributed by atoms with Gasteiger partial charge in [0.2, 0.25) is 5.91 Å². The van der Waals surface area contributed by atoms with Gasteiger partial charge in [0.1, 0.15) is 17.8 Å². The normalized spacial score (nSPS) is 16.7. The molecule has 1 atom stereocenters. The third kappa shape index (κ3) is 3.41. The Morgan fingerprint density at radius 1 is 1.33 bits per heavy atom. The third-order valence-electron chi connectivity index (χ3n) is 3.95. The lowest BCUT2D eigenvalue weighted by Crippen LogP contribution is -2.41. The van der Waals surface area contributed by atoms with Gasteiger partial charge in [-0.05, 0) is 36.2 Å². The average molecular weight is 320 g/mol. The van der Waals surface area contributed by atoms with E-state index in [9.17, 15) is 9.59 Å². The molecule has 1 fully saturated rings. The van der Waals surface area contributed by atoms with Crippen LogP contribution in [0.25, 0.3) is 0 Å². The number of amides is 2. The first-order valence-corrected chi connectivity index (χ1v) is 7.67. The van der Waals surface area contributed by atoms with E-state index in [1.54, 1.807) is 47.5 Å². The minimum absolute atomic E-state index is 0.102. The Hall–Kier alpha value is -3.20. The van der Waals surface area contributed by atoms with Gasteiger partial charge in [0.15, 0.2) is 0 Å². The van der Waals surface area contributed by atoms with E-state index in [-0.39, 0.29) is 11.8 Å². The van der Waals surface area contributed by atoms with E-state index in [1.807, 2.05) is 12.1 Å². The first-order valence-electron chi connectivity index (χ1n) is 7.67. The van der Waals surface area contributed by atoms with Crippen LogP contribution in [0.15, 0.2) is 48.7 Å². The molecule has 0 bridgehead atoms. The fraction of sp³-hybridized carbons (Fsp3) is 0.222. The monoisotopic (exact) mass is 320 g/mol. The standard InChI is InChI=1S/C18H16N4O2/c19-11-15-10-13(6-8-20-15)12-22-9-7-16(18(22)24)21-17(23)14-4-2-1-3-5-14/h1-6,8,10,16H,7,9,12H2,(H,21,23)/t16-/m0/s1. The van der Waals surface area contributed by atoms with Crippen LogP contribution in [0.3, 0.4) is 0 Å². The van der Waals surface area contributed by atoms with E-state index in [4.69, 9.17) is 5.26 Å². The van der Waals surface area contributed by atoms with Crippen molar-refractivity contribution in [2.45, 2.75) is 19.0 Å². The number of aromatic nitrogens is 1. The number of nitriles is 1. The van der Waals surface area contributed by atoms with Gasteiger partial charge in [-0.25, -0.2) is 4.98 Å². The van der Waals surface area contributed by atoms with Gasteiger partial charge in [-0.1, -0.05) is 18.2 Å². The fourth-order valence-corrected chi connectivity index (χ4v) is 2.72. The highest BCUT2D eigenvalue weighted by molar-refractivity contribution is 5.98. The maximum atomic E-state index is 12.5. The third-order valence-corrected chi connectivity index (χ3v) is 3.95. The Labute approximate surface area is 139 Å². The Bertz CT molecular complexity index is 798. The molecule has 24 heavy (non-hydrogen) atoms. The SMILES string of the molecule is N#Cc1cc(CN2CC[C@H](NC(=O)c3ccccc3)C2=O)ccn1. The van der Waals surface area contributed by atoms with E-state index < -0.39 is 6.04 Å². The van der Waals surface area contributed by atoms with Crippen LogP contribution in [-0.2, 0) is 11.3 Å². The van der Waals surface area contributed by atoms with Gasteiger partial charge in [-0.3, -0.25) is 9.59 Å². The van der Waals surface area contributed by atoms with Gasteiger partial charge in [0.05, 0.1) is 0 Å². The highest BCUT2D eigenvalue weighted by Crippen LogP contribution is 2.16. The molecular weight excluding hydrogens is 304 g/mol. The summed E-state index contributed by atoms with van der Waals surface area (Å²) < 4.78 is 0. The minimum Gasteiger partial charge on any atom is -0.340 e. The smallest absolute Gasteiger partial charge is 0.251 e. The predicted molar refractivity (Wildman–Crippen MR) is 86.7 cm³/mol. The summed E-state index contributed by atoms with van der Waals surface area (Å²) in [6, 6.07) is 13.8. The van der Waals surface area contributed by atoms with Crippen LogP contribution in [0.4, 0.5) is 0 Å². The summed E-state index contributed by atoms with van der Waals surface area (Å²) in [5.41, 5.74) is 1.72. The summed E-state index contributed by atoms with van der Waals surface area (Å²) in [7, 11) is 0. The molecule has 6 nitrogen and oxygen atoms in total. The van der Waals surface area contributed by atoms with E-state index in [0.717, 1.165) is 5.56 Å². The van der Waals surface area contributed by atoms with E-state index in [1.165, 1.54) is 0 Å². The number of hydrogen-bond acceptors (Lipinski definition) is 4. The van der Waals surface area contributed by atoms with Crippen molar-refractivity contribution in [2.24, 2.45) is 0 Å². The van der Waals surface area contributed by atoms with Gasteiger partial charge in [-0.2, -0.15) is 5.26 Å². The molecule has 3 rings (SSSR count). The molecule has 0 aliphatic carbocycles. The average Bonchev–Trinajstić information content (AvgIpc) is 2.96. The number of rotatable bonds is 4. The second kappa shape index (κ2) is 6.92. The largest absolute Gasteiger partial charge is 0.340 e. The quantitative estimate of drug-likeness (QED) is 0.924. The molecule has 0 saturated carbocycles. The van der Waals surface area contributed by atoms with Gasteiger partial charge in [0.25, 0.3) is 5.91 Å². The lowest BCUT2D eigenvalue weighted by Gasteiger charge is -2.17. The molecule has 0 radical (unpaired) electrons. The van der Waals surface area contributed by atoms with Crippen LogP contribution in [-0.4, -0.2) is 34.3 Å². The molecule has 1 aromatic carbocycles. The van der Waals surface area contributed by atoms with Crippen molar-refractivity contribution in [2.75, 3.05) is 6.54 Å². The van der Waals surface area contributed by atoms with E-state index in [2.05, 4.69) is 10.3 Å². The molecule has 1 aromatic heterocycles. The molecule has 1 N–H and O–H groups in total. The zero-order valence-electron chi connectivity index (χ0n) is 13.0. The molecule has 2 heterocycles. The zero-order chi connectivity index (χ0) is 16.9. The van der Waals surface area contributed by atoms with Crippen LogP contribution in [0.1, 0.15) is 28.0 Å². The second-order valence-electron chi connectivity index (χ2n) is 5.60. The van der Waals surface area contributed by atoms with Gasteiger partial charge < -0.3 is 10.2 Å². The van der Waals surface area contributed by atoms with Crippen molar-refractivity contribution in [3.8, 4) is 6.07 Å². The highest BCUT2D eigenvalue weighted by atomic mass is 16.2. The topological polar surface area (TPSA) is 86.1 Å². The summed E-state index contributed by atoms with van der Waals surface area (Å²) in [6.45, 7) is 0.983. The van der Waals surface area contributed by atoms with Gasteiger partial charge in [0, 0.05) is 24.8 Å². The lowest BCUT2D eigenvalue weighted by atomic mass is 10.2. The van der Waals surface area contributed by atoms with Crippen LogP contribution in [0.5, 0.6) is 0 Å². The first-order chi connectivity index (χ1) is 11.7. The fourth-order valence-electron chi connectivity index (χ4n) is 2.72. The number of pyridine rings is 1. The molecule has 0 spiro atoms. The van der Waals surface area contributed by atoms with Crippen molar-refractivity contribution in [3.05, 3.63) is 65.5 Å². The van der Waals surface area contributed by atoms with Crippen molar-refractivity contribution >= 4 is 11.8 Å². The molecule has 120 valence electrons. The van der Waals surface area contributed by atoms with Gasteiger partial charge in [-0.15, -0.1) is 0 Å². The van der Waals surface area contributed by atoms with Crippen molar-refractivity contribution in [1.29, 1.82) is 5.26 Å². The Kier molecular flexibility index (Phi) is 4.52. The number of carbonyl (C=O) groups is 2. The van der Waals surface area contributed by atoms with Crippen LogP contribution < -0.4 is 5.32 Å². The summed E-state index contributed by atoms with van der Waals surface area (Å²) in [4.78, 5) is 30.2. The Balaban J connectivity index is 1.63. The van der Waals surface area contributed by atoms with Crippen molar-refractivity contribution < 1.29 is 9.59 Å². The van der Waals surface area contributed by atoms with Crippen LogP contribution in [0, 0.1) is 11.3 Å². The lowest BCUT2D eigenvalue weighted by molar-refractivity contribution is -0.129. The minimum atomic E-state index is -0.505. The Morgan fingerprint density at radius 3 is 2.88 bits per heavy atom. The van der Waals surface area contributed by atoms with Crippen molar-refractivity contribution in [1.82, 2.24) is 15.2 Å². The van der Waals surface area contributed by atoms with E-state index in [0.29, 0.717) is 30.8 Å². The van der Waals surface area contributed by atoms with Crippen LogP contribution in [0.2, 0.25) is 0 Å². The maximum absolute atomic E-state index is 12.5. The molecule has 1 aliphatic rings. The zero-order valence-corrected chi connectivity index (χ0v) is 13.0. The Morgan fingerprint density at radius 2 is 2.12 bits per heavy atom. The summed E-state index contributed by atoms with van der Waals surface area (Å²) in [5, 5.41) is 11.7. The number of benzene rings is 1. The van der Waals surface area contributed by atoms with E-state index >= 15 is 0 Å². The summed E-state index contributed by atoms with van der Waals surface area (Å²) in [5.74, 6) is -0.346. The maximum Gasteiger partial charge on any atom is 0.251 e. The number of nitrogens with zero attached hydrogens (tertiary/aromatic N) is 3. The number of carbonyl (C=O) groups excluding carboxylic acids is 2. The number of likely N-dealkylation sites (tertiary alicyclic amines) is 1. The number of hydrogen-bond donors (Lipinski definition) is 1. The highest BCUT2D eigenvalue weighted by Gasteiger charge is 2.32. The molecule has 1 aliphatic heterocycles. The van der Waals surface area contributed by atoms with Crippen molar-refractivity contribution in [3.63, 3.8) is 0 Å². The molecule has 2 aromatic rings. The summed E-state index contributed by atoms with van der Waals surface area (Å²) >= 11 is 0. The molecule has 2 amide bonds. The molecule has 0 unspecified atom stereocenters. The molecule has 6 heteroatoms.